The number of benzene rings is 10. The smallest absolute Gasteiger partial charge is 0.307 e. The summed E-state index contributed by atoms with van der Waals surface area (Å²) >= 11 is 0. The van der Waals surface area contributed by atoms with Crippen LogP contribution in [0.25, 0.3) is 111 Å². The topological polar surface area (TPSA) is 224 Å². The molecule has 0 amide bonds. The quantitative estimate of drug-likeness (QED) is 0.138. The molecule has 12 rings (SSSR count). The molecule has 17 heteroatoms. The number of fused-ring (bicyclic) bond motifs is 6. The molecule has 2 aromatic heterocycles. The zero-order chi connectivity index (χ0) is 61.9. The van der Waals surface area contributed by atoms with E-state index in [-0.39, 0.29) is 61.9 Å². The van der Waals surface area contributed by atoms with Gasteiger partial charge in [0, 0.05) is 27.1 Å². The van der Waals surface area contributed by atoms with Crippen molar-refractivity contribution in [1.82, 2.24) is 9.13 Å². The van der Waals surface area contributed by atoms with Crippen LogP contribution in [-0.2, 0) is 12.4 Å². The number of aromatic nitrogens is 2. The Morgan fingerprint density at radius 1 is 0.261 bits per heavy atom. The number of nitrogens with zero attached hydrogens (tertiary/aromatic N) is 11. The molecule has 410 valence electrons. The van der Waals surface area contributed by atoms with Gasteiger partial charge in [0.2, 0.25) is 0 Å². The van der Waals surface area contributed by atoms with Gasteiger partial charge in [-0.1, -0.05) is 54.6 Å². The van der Waals surface area contributed by atoms with Crippen LogP contribution >= 0.6 is 0 Å². The fourth-order valence-electron chi connectivity index (χ4n) is 11.4. The van der Waals surface area contributed by atoms with Crippen molar-refractivity contribution in [1.29, 1.82) is 47.4 Å². The molecule has 12 aromatic rings. The average Bonchev–Trinajstić information content (AvgIpc) is 1.63. The van der Waals surface area contributed by atoms with Gasteiger partial charge in [-0.15, -0.1) is 0 Å². The van der Waals surface area contributed by atoms with E-state index >= 15 is 13.2 Å². The Hall–Kier alpha value is -13.2. The van der Waals surface area contributed by atoms with E-state index in [0.29, 0.717) is 100 Å². The summed E-state index contributed by atoms with van der Waals surface area (Å²) in [6, 6.07) is 62.1. The molecule has 0 N–H and O–H groups in total. The third-order valence-electron chi connectivity index (χ3n) is 15.3. The van der Waals surface area contributed by atoms with Gasteiger partial charge in [-0.25, -0.2) is 0 Å². The van der Waals surface area contributed by atoms with Crippen molar-refractivity contribution in [2.24, 2.45) is 0 Å². The maximum Gasteiger partial charge on any atom is 0.417 e. The summed E-state index contributed by atoms with van der Waals surface area (Å²) in [5.41, 5.74) is 1.70. The standard InChI is InChI=1S/C71H29F6N11/c72-70(73,74)56-5-10-57(63(28-56)71(75,76)77)62-29-69(88-66-25-49(53-19-43(34-82)13-44(20-53)35-83)3-8-60(66)61-9-4-50(26-67(61)88)54-21-45(36-84)14-46(22-54)37-85)68(27-55(62)38-86)87-64-23-47(51-15-39(30-78)11-40(16-51)31-79)1-6-58(64)59-7-2-48(24-65(59)87)52-17-41(32-80)12-42(18-52)33-81/h1-29H. The number of halogens is 6. The lowest BCUT2D eigenvalue weighted by molar-refractivity contribution is -0.142. The molecule has 0 spiro atoms. The molecular weight excluding hydrogens is 1120 g/mol. The summed E-state index contributed by atoms with van der Waals surface area (Å²) in [6.45, 7) is 0. The lowest BCUT2D eigenvalue weighted by Gasteiger charge is -2.22. The molecule has 0 radical (unpaired) electrons. The Bertz CT molecular complexity index is 5110. The van der Waals surface area contributed by atoms with E-state index < -0.39 is 40.2 Å². The first-order valence-electron chi connectivity index (χ1n) is 26.3. The highest BCUT2D eigenvalue weighted by Gasteiger charge is 2.39. The summed E-state index contributed by atoms with van der Waals surface area (Å²) in [6.07, 6.45) is -10.6. The third kappa shape index (κ3) is 9.59. The van der Waals surface area contributed by atoms with Gasteiger partial charge in [0.05, 0.1) is 149 Å². The van der Waals surface area contributed by atoms with E-state index in [0.717, 1.165) is 0 Å². The van der Waals surface area contributed by atoms with Crippen molar-refractivity contribution in [2.75, 3.05) is 0 Å². The molecule has 0 unspecified atom stereocenters. The number of hydrogen-bond donors (Lipinski definition) is 0. The minimum Gasteiger partial charge on any atom is -0.307 e. The second-order valence-electron chi connectivity index (χ2n) is 20.4. The largest absolute Gasteiger partial charge is 0.417 e. The van der Waals surface area contributed by atoms with Crippen molar-refractivity contribution in [3.05, 3.63) is 237 Å². The van der Waals surface area contributed by atoms with Gasteiger partial charge in [0.15, 0.2) is 0 Å². The number of alkyl halides is 6. The van der Waals surface area contributed by atoms with Gasteiger partial charge in [-0.3, -0.25) is 0 Å². The Morgan fingerprint density at radius 2 is 0.557 bits per heavy atom. The van der Waals surface area contributed by atoms with Crippen LogP contribution in [0, 0.1) is 102 Å². The number of rotatable bonds is 7. The minimum atomic E-state index is -5.42. The van der Waals surface area contributed by atoms with Crippen molar-refractivity contribution in [2.45, 2.75) is 12.4 Å². The van der Waals surface area contributed by atoms with E-state index in [4.69, 9.17) is 0 Å². The predicted octanol–water partition coefficient (Wildman–Crippen LogP) is 17.1. The monoisotopic (exact) mass is 1150 g/mol. The van der Waals surface area contributed by atoms with Crippen LogP contribution in [0.1, 0.15) is 61.2 Å². The Morgan fingerprint density at radius 3 is 0.818 bits per heavy atom. The van der Waals surface area contributed by atoms with Crippen LogP contribution < -0.4 is 0 Å². The van der Waals surface area contributed by atoms with E-state index in [1.54, 1.807) is 130 Å². The maximum atomic E-state index is 15.5. The van der Waals surface area contributed by atoms with Crippen LogP contribution in [0.4, 0.5) is 26.3 Å². The maximum absolute atomic E-state index is 15.5. The van der Waals surface area contributed by atoms with E-state index in [1.807, 2.05) is 0 Å². The summed E-state index contributed by atoms with van der Waals surface area (Å²) in [7, 11) is 0. The fraction of sp³-hybridized carbons (Fsp3) is 0.0282. The lowest BCUT2D eigenvalue weighted by atomic mass is 9.92. The molecular formula is C71H29F6N11. The highest BCUT2D eigenvalue weighted by atomic mass is 19.4. The Labute approximate surface area is 495 Å². The summed E-state index contributed by atoms with van der Waals surface area (Å²) in [5.74, 6) is 0. The highest BCUT2D eigenvalue weighted by Crippen LogP contribution is 2.47. The molecule has 11 nitrogen and oxygen atoms in total. The van der Waals surface area contributed by atoms with Crippen molar-refractivity contribution >= 4 is 43.6 Å². The Balaban J connectivity index is 1.30. The molecule has 0 saturated heterocycles. The molecule has 0 aliphatic rings. The molecule has 88 heavy (non-hydrogen) atoms. The predicted molar refractivity (Wildman–Crippen MR) is 315 cm³/mol. The van der Waals surface area contributed by atoms with Crippen LogP contribution in [0.15, 0.2) is 176 Å². The van der Waals surface area contributed by atoms with Gasteiger partial charge in [-0.2, -0.15) is 73.7 Å². The average molecular weight is 1150 g/mol. The zero-order valence-electron chi connectivity index (χ0n) is 44.9. The minimum absolute atomic E-state index is 0.00707. The molecule has 0 aliphatic carbocycles. The van der Waals surface area contributed by atoms with Crippen molar-refractivity contribution in [3.8, 4) is 122 Å². The molecule has 0 fully saturated rings. The molecule has 0 aliphatic heterocycles. The first-order valence-corrected chi connectivity index (χ1v) is 26.3. The first kappa shape index (κ1) is 55.3. The van der Waals surface area contributed by atoms with Gasteiger partial charge in [0.25, 0.3) is 0 Å². The summed E-state index contributed by atoms with van der Waals surface area (Å²) in [5, 5.41) is 94.2. The van der Waals surface area contributed by atoms with Crippen LogP contribution in [0.3, 0.4) is 0 Å². The van der Waals surface area contributed by atoms with Gasteiger partial charge >= 0.3 is 12.4 Å². The van der Waals surface area contributed by atoms with Crippen LogP contribution in [0.2, 0.25) is 0 Å². The third-order valence-corrected chi connectivity index (χ3v) is 15.3. The second-order valence-corrected chi connectivity index (χ2v) is 20.4. The van der Waals surface area contributed by atoms with E-state index in [2.05, 4.69) is 54.6 Å². The van der Waals surface area contributed by atoms with E-state index in [1.165, 1.54) is 36.4 Å². The summed E-state index contributed by atoms with van der Waals surface area (Å²) < 4.78 is 93.3. The lowest BCUT2D eigenvalue weighted by Crippen LogP contribution is -2.13. The Kier molecular flexibility index (Phi) is 13.3. The van der Waals surface area contributed by atoms with Crippen molar-refractivity contribution < 1.29 is 26.3 Å². The summed E-state index contributed by atoms with van der Waals surface area (Å²) in [4.78, 5) is 0. The zero-order valence-corrected chi connectivity index (χ0v) is 44.9. The molecule has 0 bridgehead atoms. The van der Waals surface area contributed by atoms with Gasteiger partial charge in [0.1, 0.15) is 0 Å². The SMILES string of the molecule is N#Cc1cc(C#N)cc(-c2ccc3c4ccc(-c5cc(C#N)cc(C#N)c5)cc4n(-c4cc(C#N)c(-c5ccc(C(F)(F)F)cc5C(F)(F)F)cc4-n4c5cc(-c6cc(C#N)cc(C#N)c6)ccc5c5ccc(-c6cc(C#N)cc(C#N)c6)cc54)c3c2)c1. The highest BCUT2D eigenvalue weighted by molar-refractivity contribution is 6.14. The first-order chi connectivity index (χ1) is 42.4. The normalized spacial score (nSPS) is 11.2. The molecule has 10 aromatic carbocycles. The second kappa shape index (κ2) is 21.2. The fourth-order valence-corrected chi connectivity index (χ4v) is 11.4. The molecule has 0 atom stereocenters. The van der Waals surface area contributed by atoms with Gasteiger partial charge < -0.3 is 9.13 Å². The molecule has 2 heterocycles. The van der Waals surface area contributed by atoms with Crippen LogP contribution in [0.5, 0.6) is 0 Å². The number of hydrogen-bond acceptors (Lipinski definition) is 9. The molecule has 0 saturated carbocycles. The number of nitriles is 9. The van der Waals surface area contributed by atoms with Gasteiger partial charge in [-0.05, 0) is 171 Å². The van der Waals surface area contributed by atoms with Crippen molar-refractivity contribution in [3.63, 3.8) is 0 Å². The van der Waals surface area contributed by atoms with E-state index in [9.17, 15) is 60.5 Å². The van der Waals surface area contributed by atoms with Crippen LogP contribution in [-0.4, -0.2) is 9.13 Å².